The highest BCUT2D eigenvalue weighted by molar-refractivity contribution is 7.22. The Bertz CT molecular complexity index is 942. The quantitative estimate of drug-likeness (QED) is 0.397. The molecule has 2 aromatic carbocycles. The molecule has 26 heavy (non-hydrogen) atoms. The standard InChI is InChI=1S/C21H19N3OS/c25-20-16(13-15-7-2-1-3-8-15)9-6-10-17(20)14-22-24-21-23-18-11-4-5-12-19(18)26-21/h1-5,7-8,11-14,17H,6,9-10H2,(H,23,24)/b16-13+,22-14-/t17-/m1/s1. The van der Waals surface area contributed by atoms with Crippen LogP contribution in [0.5, 0.6) is 0 Å². The van der Waals surface area contributed by atoms with Gasteiger partial charge in [-0.05, 0) is 48.6 Å². The molecule has 1 saturated carbocycles. The third kappa shape index (κ3) is 3.73. The number of aromatic nitrogens is 1. The molecule has 0 spiro atoms. The van der Waals surface area contributed by atoms with Crippen LogP contribution >= 0.6 is 11.3 Å². The van der Waals surface area contributed by atoms with Crippen LogP contribution in [0.25, 0.3) is 16.3 Å². The molecule has 0 amide bonds. The maximum atomic E-state index is 12.7. The highest BCUT2D eigenvalue weighted by atomic mass is 32.1. The van der Waals surface area contributed by atoms with E-state index in [9.17, 15) is 4.79 Å². The lowest BCUT2D eigenvalue weighted by Gasteiger charge is -2.19. The van der Waals surface area contributed by atoms with Gasteiger partial charge >= 0.3 is 0 Å². The number of hydrazone groups is 1. The molecule has 1 N–H and O–H groups in total. The van der Waals surface area contributed by atoms with E-state index in [0.29, 0.717) is 0 Å². The van der Waals surface area contributed by atoms with Crippen molar-refractivity contribution in [2.45, 2.75) is 19.3 Å². The van der Waals surface area contributed by atoms with Gasteiger partial charge in [-0.15, -0.1) is 0 Å². The van der Waals surface area contributed by atoms with Crippen molar-refractivity contribution in [2.75, 3.05) is 5.43 Å². The Kier molecular flexibility index (Phi) is 4.88. The topological polar surface area (TPSA) is 54.4 Å². The minimum absolute atomic E-state index is 0.166. The molecule has 1 heterocycles. The van der Waals surface area contributed by atoms with Crippen LogP contribution in [-0.2, 0) is 4.79 Å². The van der Waals surface area contributed by atoms with Crippen LogP contribution in [0, 0.1) is 5.92 Å². The molecule has 1 aliphatic carbocycles. The zero-order valence-corrected chi connectivity index (χ0v) is 15.1. The van der Waals surface area contributed by atoms with Gasteiger partial charge in [0.25, 0.3) is 0 Å². The molecule has 1 aliphatic rings. The predicted octanol–water partition coefficient (Wildman–Crippen LogP) is 5.15. The van der Waals surface area contributed by atoms with E-state index in [1.165, 1.54) is 0 Å². The van der Waals surface area contributed by atoms with E-state index >= 15 is 0 Å². The lowest BCUT2D eigenvalue weighted by atomic mass is 9.84. The number of nitrogens with one attached hydrogen (secondary N) is 1. The van der Waals surface area contributed by atoms with Gasteiger partial charge in [-0.3, -0.25) is 10.2 Å². The number of nitrogens with zero attached hydrogens (tertiary/aromatic N) is 2. The number of fused-ring (bicyclic) bond motifs is 1. The van der Waals surface area contributed by atoms with E-state index in [1.54, 1.807) is 17.6 Å². The summed E-state index contributed by atoms with van der Waals surface area (Å²) in [7, 11) is 0. The van der Waals surface area contributed by atoms with Gasteiger partial charge in [0.1, 0.15) is 0 Å². The summed E-state index contributed by atoms with van der Waals surface area (Å²) in [6, 6.07) is 18.0. The summed E-state index contributed by atoms with van der Waals surface area (Å²) >= 11 is 1.55. The number of ketones is 1. The van der Waals surface area contributed by atoms with Gasteiger partial charge < -0.3 is 0 Å². The predicted molar refractivity (Wildman–Crippen MR) is 109 cm³/mol. The summed E-state index contributed by atoms with van der Waals surface area (Å²) in [6.45, 7) is 0. The van der Waals surface area contributed by atoms with Crippen molar-refractivity contribution >= 4 is 44.8 Å². The van der Waals surface area contributed by atoms with E-state index < -0.39 is 0 Å². The van der Waals surface area contributed by atoms with Crippen LogP contribution in [0.4, 0.5) is 5.13 Å². The van der Waals surface area contributed by atoms with Crippen LogP contribution in [0.3, 0.4) is 0 Å². The SMILES string of the molecule is O=C1/C(=C/c2ccccc2)CCC[C@@H]1/C=N\Nc1nc2ccccc2s1. The maximum Gasteiger partial charge on any atom is 0.204 e. The fourth-order valence-corrected chi connectivity index (χ4v) is 3.96. The molecule has 1 aromatic heterocycles. The molecule has 0 radical (unpaired) electrons. The first kappa shape index (κ1) is 16.7. The summed E-state index contributed by atoms with van der Waals surface area (Å²) in [5.41, 5.74) is 5.89. The largest absolute Gasteiger partial charge is 0.294 e. The van der Waals surface area contributed by atoms with Crippen LogP contribution in [0.15, 0.2) is 65.3 Å². The molecule has 1 atom stereocenters. The second-order valence-corrected chi connectivity index (χ2v) is 7.35. The van der Waals surface area contributed by atoms with Gasteiger partial charge in [0, 0.05) is 6.21 Å². The molecule has 0 bridgehead atoms. The van der Waals surface area contributed by atoms with Crippen molar-refractivity contribution in [2.24, 2.45) is 11.0 Å². The average Bonchev–Trinajstić information content (AvgIpc) is 3.08. The number of rotatable bonds is 4. The van der Waals surface area contributed by atoms with E-state index in [-0.39, 0.29) is 11.7 Å². The normalized spacial score (nSPS) is 19.5. The number of allylic oxidation sites excluding steroid dienone is 1. The Labute approximate surface area is 156 Å². The Morgan fingerprint density at radius 1 is 1.12 bits per heavy atom. The molecule has 5 heteroatoms. The number of hydrogen-bond acceptors (Lipinski definition) is 5. The molecule has 0 unspecified atom stereocenters. The van der Waals surface area contributed by atoms with Crippen molar-refractivity contribution in [3.8, 4) is 0 Å². The molecule has 0 aliphatic heterocycles. The van der Waals surface area contributed by atoms with Crippen molar-refractivity contribution in [3.63, 3.8) is 0 Å². The summed E-state index contributed by atoms with van der Waals surface area (Å²) in [6.07, 6.45) is 6.41. The number of benzene rings is 2. The minimum Gasteiger partial charge on any atom is -0.294 e. The Morgan fingerprint density at radius 3 is 2.77 bits per heavy atom. The number of carbonyl (C=O) groups excluding carboxylic acids is 1. The fourth-order valence-electron chi connectivity index (χ4n) is 3.14. The highest BCUT2D eigenvalue weighted by Gasteiger charge is 2.25. The second kappa shape index (κ2) is 7.62. The zero-order chi connectivity index (χ0) is 17.8. The first-order valence-corrected chi connectivity index (χ1v) is 9.56. The first-order chi connectivity index (χ1) is 12.8. The van der Waals surface area contributed by atoms with Gasteiger partial charge in [0.2, 0.25) is 5.13 Å². The maximum absolute atomic E-state index is 12.7. The van der Waals surface area contributed by atoms with Gasteiger partial charge in [-0.1, -0.05) is 53.8 Å². The number of thiazole rings is 1. The van der Waals surface area contributed by atoms with E-state index in [1.807, 2.05) is 60.7 Å². The van der Waals surface area contributed by atoms with Gasteiger partial charge in [0.15, 0.2) is 5.78 Å². The van der Waals surface area contributed by atoms with Gasteiger partial charge in [0.05, 0.1) is 16.1 Å². The molecular weight excluding hydrogens is 342 g/mol. The Morgan fingerprint density at radius 2 is 1.92 bits per heavy atom. The number of para-hydroxylation sites is 1. The smallest absolute Gasteiger partial charge is 0.204 e. The molecule has 4 nitrogen and oxygen atoms in total. The van der Waals surface area contributed by atoms with Gasteiger partial charge in [-0.25, -0.2) is 4.98 Å². The van der Waals surface area contributed by atoms with Crippen LogP contribution in [0.2, 0.25) is 0 Å². The van der Waals surface area contributed by atoms with Crippen LogP contribution in [0.1, 0.15) is 24.8 Å². The Hall–Kier alpha value is -2.79. The van der Waals surface area contributed by atoms with Crippen molar-refractivity contribution in [3.05, 3.63) is 65.7 Å². The van der Waals surface area contributed by atoms with E-state index in [4.69, 9.17) is 0 Å². The summed E-state index contributed by atoms with van der Waals surface area (Å²) in [4.78, 5) is 17.2. The van der Waals surface area contributed by atoms with Crippen molar-refractivity contribution in [1.82, 2.24) is 4.98 Å². The van der Waals surface area contributed by atoms with Gasteiger partial charge in [-0.2, -0.15) is 5.10 Å². The van der Waals surface area contributed by atoms with Crippen LogP contribution < -0.4 is 5.43 Å². The van der Waals surface area contributed by atoms with Crippen LogP contribution in [-0.4, -0.2) is 17.0 Å². The summed E-state index contributed by atoms with van der Waals surface area (Å²) in [5, 5.41) is 5.02. The number of hydrogen-bond donors (Lipinski definition) is 1. The van der Waals surface area contributed by atoms with Crippen molar-refractivity contribution < 1.29 is 4.79 Å². The Balaban J connectivity index is 1.44. The van der Waals surface area contributed by atoms with E-state index in [2.05, 4.69) is 15.5 Å². The van der Waals surface area contributed by atoms with E-state index in [0.717, 1.165) is 45.7 Å². The number of Topliss-reactive ketones (excluding diaryl/α,β-unsaturated/α-hetero) is 1. The fraction of sp³-hybridized carbons (Fsp3) is 0.190. The third-order valence-corrected chi connectivity index (χ3v) is 5.40. The second-order valence-electron chi connectivity index (χ2n) is 6.32. The molecule has 1 fully saturated rings. The molecule has 4 rings (SSSR count). The number of anilines is 1. The average molecular weight is 361 g/mol. The molecule has 3 aromatic rings. The lowest BCUT2D eigenvalue weighted by Crippen LogP contribution is -2.23. The molecular formula is C21H19N3OS. The minimum atomic E-state index is -0.166. The lowest BCUT2D eigenvalue weighted by molar-refractivity contribution is -0.118. The highest BCUT2D eigenvalue weighted by Crippen LogP contribution is 2.27. The van der Waals surface area contributed by atoms with Crippen molar-refractivity contribution in [1.29, 1.82) is 0 Å². The number of carbonyl (C=O) groups is 1. The summed E-state index contributed by atoms with van der Waals surface area (Å²) in [5.74, 6) is 0.00976. The molecule has 130 valence electrons. The summed E-state index contributed by atoms with van der Waals surface area (Å²) < 4.78 is 1.12. The zero-order valence-electron chi connectivity index (χ0n) is 14.3. The third-order valence-electron chi connectivity index (χ3n) is 4.46. The molecule has 0 saturated heterocycles. The first-order valence-electron chi connectivity index (χ1n) is 8.74. The monoisotopic (exact) mass is 361 g/mol.